The average molecular weight is 198 g/mol. The van der Waals surface area contributed by atoms with E-state index in [2.05, 4.69) is 17.2 Å². The molecule has 14 heavy (non-hydrogen) atoms. The van der Waals surface area contributed by atoms with Crippen molar-refractivity contribution in [1.29, 1.82) is 0 Å². The molecule has 1 aliphatic carbocycles. The monoisotopic (exact) mass is 198 g/mol. The van der Waals surface area contributed by atoms with E-state index in [1.54, 1.807) is 0 Å². The van der Waals surface area contributed by atoms with Crippen molar-refractivity contribution in [1.82, 2.24) is 5.43 Å². The highest BCUT2D eigenvalue weighted by atomic mass is 16.6. The second kappa shape index (κ2) is 3.96. The van der Waals surface area contributed by atoms with Gasteiger partial charge in [-0.15, -0.1) is 0 Å². The number of hydrogen-bond donors (Lipinski definition) is 1. The standard InChI is InChI=1S/C9H14N2O3/c1-10-11-7-2-6-3-8(13-4-6)9(7)14-5-12/h5-9,11H,1-4H2. The van der Waals surface area contributed by atoms with Crippen molar-refractivity contribution >= 4 is 13.2 Å². The van der Waals surface area contributed by atoms with Crippen LogP contribution < -0.4 is 5.43 Å². The van der Waals surface area contributed by atoms with Crippen LogP contribution in [-0.4, -0.2) is 38.0 Å². The van der Waals surface area contributed by atoms with Crippen molar-refractivity contribution in [3.63, 3.8) is 0 Å². The molecule has 0 spiro atoms. The van der Waals surface area contributed by atoms with Crippen LogP contribution in [0.15, 0.2) is 5.10 Å². The Labute approximate surface area is 82.5 Å². The summed E-state index contributed by atoms with van der Waals surface area (Å²) in [7, 11) is 0. The number of nitrogens with one attached hydrogen (secondary N) is 1. The maximum atomic E-state index is 10.3. The normalized spacial score (nSPS) is 40.3. The fourth-order valence-electron chi connectivity index (χ4n) is 2.36. The second-order valence-electron chi connectivity index (χ2n) is 3.80. The van der Waals surface area contributed by atoms with E-state index in [1.807, 2.05) is 0 Å². The van der Waals surface area contributed by atoms with Crippen LogP contribution in [0.4, 0.5) is 0 Å². The van der Waals surface area contributed by atoms with Gasteiger partial charge in [-0.3, -0.25) is 4.79 Å². The van der Waals surface area contributed by atoms with E-state index in [0.29, 0.717) is 12.4 Å². The van der Waals surface area contributed by atoms with Gasteiger partial charge in [-0.25, -0.2) is 0 Å². The summed E-state index contributed by atoms with van der Waals surface area (Å²) in [6, 6.07) is 0.0453. The maximum absolute atomic E-state index is 10.3. The Hall–Kier alpha value is -1.10. The summed E-state index contributed by atoms with van der Waals surface area (Å²) in [6.07, 6.45) is 1.71. The molecular weight excluding hydrogens is 184 g/mol. The zero-order valence-corrected chi connectivity index (χ0v) is 7.89. The molecule has 5 nitrogen and oxygen atoms in total. The first-order chi connectivity index (χ1) is 6.85. The fraction of sp³-hybridized carbons (Fsp3) is 0.778. The predicted molar refractivity (Wildman–Crippen MR) is 49.9 cm³/mol. The first-order valence-electron chi connectivity index (χ1n) is 4.77. The van der Waals surface area contributed by atoms with Crippen LogP contribution in [0.5, 0.6) is 0 Å². The van der Waals surface area contributed by atoms with Crippen LogP contribution in [0.25, 0.3) is 0 Å². The summed E-state index contributed by atoms with van der Waals surface area (Å²) in [5.41, 5.74) is 2.87. The second-order valence-corrected chi connectivity index (χ2v) is 3.80. The van der Waals surface area contributed by atoms with E-state index in [1.165, 1.54) is 0 Å². The summed E-state index contributed by atoms with van der Waals surface area (Å²) >= 11 is 0. The fourth-order valence-corrected chi connectivity index (χ4v) is 2.36. The van der Waals surface area contributed by atoms with Gasteiger partial charge in [-0.1, -0.05) is 0 Å². The average Bonchev–Trinajstić information content (AvgIpc) is 2.56. The lowest BCUT2D eigenvalue weighted by Gasteiger charge is -2.32. The maximum Gasteiger partial charge on any atom is 0.293 e. The molecule has 5 heteroatoms. The number of rotatable bonds is 4. The summed E-state index contributed by atoms with van der Waals surface area (Å²) in [6.45, 7) is 4.61. The Morgan fingerprint density at radius 3 is 3.14 bits per heavy atom. The van der Waals surface area contributed by atoms with E-state index in [4.69, 9.17) is 9.47 Å². The number of carbonyl (C=O) groups excluding carboxylic acids is 1. The third kappa shape index (κ3) is 1.59. The topological polar surface area (TPSA) is 59.9 Å². The Balaban J connectivity index is 2.05. The van der Waals surface area contributed by atoms with Gasteiger partial charge in [0.1, 0.15) is 6.10 Å². The first-order valence-corrected chi connectivity index (χ1v) is 4.77. The number of carbonyl (C=O) groups is 1. The van der Waals surface area contributed by atoms with Crippen LogP contribution >= 0.6 is 0 Å². The van der Waals surface area contributed by atoms with Crippen LogP contribution in [0, 0.1) is 5.92 Å². The third-order valence-electron chi connectivity index (χ3n) is 2.93. The summed E-state index contributed by atoms with van der Waals surface area (Å²) < 4.78 is 10.6. The third-order valence-corrected chi connectivity index (χ3v) is 2.93. The number of hydrogen-bond acceptors (Lipinski definition) is 5. The zero-order valence-electron chi connectivity index (χ0n) is 7.89. The molecule has 1 saturated heterocycles. The lowest BCUT2D eigenvalue weighted by molar-refractivity contribution is -0.142. The van der Waals surface area contributed by atoms with Gasteiger partial charge >= 0.3 is 0 Å². The Morgan fingerprint density at radius 2 is 2.43 bits per heavy atom. The Bertz CT molecular complexity index is 234. The molecule has 0 radical (unpaired) electrons. The minimum Gasteiger partial charge on any atom is -0.460 e. The van der Waals surface area contributed by atoms with Gasteiger partial charge in [0, 0.05) is 6.72 Å². The van der Waals surface area contributed by atoms with Gasteiger partial charge < -0.3 is 14.9 Å². The summed E-state index contributed by atoms with van der Waals surface area (Å²) in [4.78, 5) is 10.3. The molecule has 0 aromatic heterocycles. The highest BCUT2D eigenvalue weighted by Gasteiger charge is 2.44. The highest BCUT2D eigenvalue weighted by molar-refractivity contribution is 5.38. The molecule has 2 rings (SSSR count). The van der Waals surface area contributed by atoms with Crippen molar-refractivity contribution in [2.24, 2.45) is 11.0 Å². The highest BCUT2D eigenvalue weighted by Crippen LogP contribution is 2.34. The van der Waals surface area contributed by atoms with Gasteiger partial charge in [0.05, 0.1) is 18.8 Å². The van der Waals surface area contributed by atoms with Gasteiger partial charge in [0.25, 0.3) is 6.47 Å². The minimum atomic E-state index is -0.225. The molecule has 2 fully saturated rings. The van der Waals surface area contributed by atoms with Crippen molar-refractivity contribution in [3.05, 3.63) is 0 Å². The van der Waals surface area contributed by atoms with Crippen molar-refractivity contribution in [2.75, 3.05) is 6.61 Å². The molecule has 1 heterocycles. The molecule has 4 unspecified atom stereocenters. The van der Waals surface area contributed by atoms with Crippen molar-refractivity contribution < 1.29 is 14.3 Å². The Morgan fingerprint density at radius 1 is 1.57 bits per heavy atom. The lowest BCUT2D eigenvalue weighted by Crippen LogP contribution is -2.48. The van der Waals surface area contributed by atoms with E-state index >= 15 is 0 Å². The lowest BCUT2D eigenvalue weighted by atomic mass is 9.85. The van der Waals surface area contributed by atoms with Gasteiger partial charge in [-0.2, -0.15) is 5.10 Å². The minimum absolute atomic E-state index is 0.0261. The Kier molecular flexibility index (Phi) is 2.67. The van der Waals surface area contributed by atoms with E-state index in [0.717, 1.165) is 19.4 Å². The molecule has 1 N–H and O–H groups in total. The first kappa shape index (κ1) is 9.45. The number of fused-ring (bicyclic) bond motifs is 2. The quantitative estimate of drug-likeness (QED) is 0.389. The molecule has 0 aromatic carbocycles. The van der Waals surface area contributed by atoms with Crippen LogP contribution in [-0.2, 0) is 14.3 Å². The number of ether oxygens (including phenoxy) is 2. The van der Waals surface area contributed by atoms with Gasteiger partial charge in [0.15, 0.2) is 0 Å². The van der Waals surface area contributed by atoms with E-state index in [-0.39, 0.29) is 18.2 Å². The number of hydrazone groups is 1. The molecule has 1 saturated carbocycles. The van der Waals surface area contributed by atoms with Crippen molar-refractivity contribution in [3.8, 4) is 0 Å². The molecule has 1 aliphatic heterocycles. The van der Waals surface area contributed by atoms with Crippen LogP contribution in [0.3, 0.4) is 0 Å². The zero-order chi connectivity index (χ0) is 9.97. The van der Waals surface area contributed by atoms with Crippen LogP contribution in [0.1, 0.15) is 12.8 Å². The predicted octanol–water partition coefficient (Wildman–Crippen LogP) is -0.0894. The van der Waals surface area contributed by atoms with Gasteiger partial charge in [-0.05, 0) is 18.8 Å². The molecule has 0 aromatic rings. The molecule has 4 atom stereocenters. The molecule has 2 bridgehead atoms. The SMILES string of the molecule is C=NNC1CC2COC(C2)C1OC=O. The van der Waals surface area contributed by atoms with Gasteiger partial charge in [0.2, 0.25) is 0 Å². The molecule has 0 amide bonds. The van der Waals surface area contributed by atoms with E-state index in [9.17, 15) is 4.79 Å². The molecular formula is C9H14N2O3. The summed E-state index contributed by atoms with van der Waals surface area (Å²) in [5.74, 6) is 0.561. The van der Waals surface area contributed by atoms with E-state index < -0.39 is 0 Å². The number of nitrogens with zero attached hydrogens (tertiary/aromatic N) is 1. The van der Waals surface area contributed by atoms with Crippen LogP contribution in [0.2, 0.25) is 0 Å². The smallest absolute Gasteiger partial charge is 0.293 e. The summed E-state index contributed by atoms with van der Waals surface area (Å²) in [5, 5.41) is 3.64. The van der Waals surface area contributed by atoms with Crippen molar-refractivity contribution in [2.45, 2.75) is 31.1 Å². The largest absolute Gasteiger partial charge is 0.460 e. The molecule has 78 valence electrons. The molecule has 2 aliphatic rings.